The van der Waals surface area contributed by atoms with E-state index in [4.69, 9.17) is 11.6 Å². The van der Waals surface area contributed by atoms with Gasteiger partial charge >= 0.3 is 0 Å². The Hall–Kier alpha value is -2.47. The minimum Gasteiger partial charge on any atom is -0.369 e. The van der Waals surface area contributed by atoms with Crippen LogP contribution < -0.4 is 9.80 Å². The van der Waals surface area contributed by atoms with Gasteiger partial charge in [0.2, 0.25) is 5.91 Å². The van der Waals surface area contributed by atoms with Crippen LogP contribution in [-0.4, -0.2) is 42.9 Å². The lowest BCUT2D eigenvalue weighted by atomic mass is 10.1. The third-order valence-corrected chi connectivity index (χ3v) is 7.42. The van der Waals surface area contributed by atoms with E-state index in [-0.39, 0.29) is 5.91 Å². The highest BCUT2D eigenvalue weighted by Gasteiger charge is 2.25. The summed E-state index contributed by atoms with van der Waals surface area (Å²) in [7, 11) is 0. The number of fused-ring (bicyclic) bond motifs is 1. The molecule has 5 rings (SSSR count). The molecule has 1 saturated heterocycles. The van der Waals surface area contributed by atoms with Gasteiger partial charge < -0.3 is 9.80 Å². The van der Waals surface area contributed by atoms with Crippen molar-refractivity contribution in [2.75, 3.05) is 42.5 Å². The van der Waals surface area contributed by atoms with Crippen LogP contribution in [0, 0.1) is 0 Å². The predicted molar refractivity (Wildman–Crippen MR) is 134 cm³/mol. The standard InChI is InChI=1S/C26H26ClN3OS/c27-22-7-4-8-23(19-22)28-13-15-29(16-14-28)32-24-9-10-25-21(18-24)11-12-30(25)26(31)17-20-5-2-1-3-6-20/h1-10,18-19H,11-17H2. The van der Waals surface area contributed by atoms with Gasteiger partial charge in [-0.1, -0.05) is 48.0 Å². The van der Waals surface area contributed by atoms with Gasteiger partial charge in [0.15, 0.2) is 0 Å². The molecule has 164 valence electrons. The molecule has 0 aliphatic carbocycles. The maximum atomic E-state index is 12.8. The highest BCUT2D eigenvalue weighted by Crippen LogP contribution is 2.34. The molecule has 0 bridgehead atoms. The summed E-state index contributed by atoms with van der Waals surface area (Å²) in [5.74, 6) is 0.174. The van der Waals surface area contributed by atoms with Gasteiger partial charge in [-0.2, -0.15) is 0 Å². The van der Waals surface area contributed by atoms with Crippen molar-refractivity contribution >= 4 is 40.8 Å². The van der Waals surface area contributed by atoms with Crippen LogP contribution in [0.3, 0.4) is 0 Å². The van der Waals surface area contributed by atoms with E-state index in [1.165, 1.54) is 16.1 Å². The summed E-state index contributed by atoms with van der Waals surface area (Å²) in [5, 5.41) is 0.786. The Morgan fingerprint density at radius 2 is 1.69 bits per heavy atom. The summed E-state index contributed by atoms with van der Waals surface area (Å²) in [5.41, 5.74) is 4.60. The monoisotopic (exact) mass is 463 g/mol. The number of amides is 1. The molecule has 1 fully saturated rings. The van der Waals surface area contributed by atoms with Crippen molar-refractivity contribution in [1.82, 2.24) is 4.31 Å². The number of carbonyl (C=O) groups excluding carboxylic acids is 1. The molecular weight excluding hydrogens is 438 g/mol. The molecule has 0 N–H and O–H groups in total. The van der Waals surface area contributed by atoms with Gasteiger partial charge in [-0.25, -0.2) is 4.31 Å². The van der Waals surface area contributed by atoms with Crippen molar-refractivity contribution in [3.05, 3.63) is 88.9 Å². The maximum Gasteiger partial charge on any atom is 0.231 e. The minimum atomic E-state index is 0.174. The molecule has 0 atom stereocenters. The highest BCUT2D eigenvalue weighted by molar-refractivity contribution is 7.97. The van der Waals surface area contributed by atoms with Crippen LogP contribution in [0.1, 0.15) is 11.1 Å². The summed E-state index contributed by atoms with van der Waals surface area (Å²) in [6, 6.07) is 24.6. The fraction of sp³-hybridized carbons (Fsp3) is 0.269. The first kappa shape index (κ1) is 21.4. The van der Waals surface area contributed by atoms with Gasteiger partial charge in [0.25, 0.3) is 0 Å². The Kier molecular flexibility index (Phi) is 6.39. The third-order valence-electron chi connectivity index (χ3n) is 6.09. The zero-order valence-electron chi connectivity index (χ0n) is 17.9. The number of piperazine rings is 1. The van der Waals surface area contributed by atoms with Crippen molar-refractivity contribution < 1.29 is 4.79 Å². The predicted octanol–water partition coefficient (Wildman–Crippen LogP) is 5.30. The largest absolute Gasteiger partial charge is 0.369 e. The van der Waals surface area contributed by atoms with Gasteiger partial charge in [-0.05, 0) is 65.9 Å². The van der Waals surface area contributed by atoms with Gasteiger partial charge in [-0.15, -0.1) is 0 Å². The zero-order chi connectivity index (χ0) is 21.9. The summed E-state index contributed by atoms with van der Waals surface area (Å²) >= 11 is 7.97. The van der Waals surface area contributed by atoms with Crippen LogP contribution in [0.5, 0.6) is 0 Å². The van der Waals surface area contributed by atoms with E-state index >= 15 is 0 Å². The molecular formula is C26H26ClN3OS. The molecule has 1 amide bonds. The first-order valence-corrected chi connectivity index (χ1v) is 12.2. The lowest BCUT2D eigenvalue weighted by Gasteiger charge is -2.35. The first-order chi connectivity index (χ1) is 15.7. The second-order valence-electron chi connectivity index (χ2n) is 8.24. The van der Waals surface area contributed by atoms with E-state index in [0.717, 1.165) is 55.4 Å². The molecule has 6 heteroatoms. The Balaban J connectivity index is 1.19. The summed E-state index contributed by atoms with van der Waals surface area (Å²) in [4.78, 5) is 18.4. The molecule has 2 aliphatic heterocycles. The minimum absolute atomic E-state index is 0.174. The molecule has 0 radical (unpaired) electrons. The van der Waals surface area contributed by atoms with E-state index < -0.39 is 0 Å². The van der Waals surface area contributed by atoms with Crippen molar-refractivity contribution in [3.8, 4) is 0 Å². The molecule has 0 spiro atoms. The van der Waals surface area contributed by atoms with E-state index in [1.807, 2.05) is 65.4 Å². The second-order valence-corrected chi connectivity index (χ2v) is 9.84. The normalized spacial score (nSPS) is 16.3. The van der Waals surface area contributed by atoms with Gasteiger partial charge in [-0.3, -0.25) is 4.79 Å². The Bertz CT molecular complexity index is 1100. The fourth-order valence-corrected chi connectivity index (χ4v) is 5.57. The fourth-order valence-electron chi connectivity index (χ4n) is 4.42. The average Bonchev–Trinajstić information content (AvgIpc) is 3.24. The van der Waals surface area contributed by atoms with E-state index in [1.54, 1.807) is 0 Å². The lowest BCUT2D eigenvalue weighted by molar-refractivity contribution is -0.117. The Morgan fingerprint density at radius 3 is 2.47 bits per heavy atom. The molecule has 0 saturated carbocycles. The Labute approximate surface area is 198 Å². The van der Waals surface area contributed by atoms with Gasteiger partial charge in [0, 0.05) is 54.0 Å². The molecule has 4 nitrogen and oxygen atoms in total. The topological polar surface area (TPSA) is 26.8 Å². The molecule has 3 aromatic carbocycles. The van der Waals surface area contributed by atoms with Gasteiger partial charge in [0.1, 0.15) is 0 Å². The molecule has 3 aromatic rings. The summed E-state index contributed by atoms with van der Waals surface area (Å²) in [6.07, 6.45) is 1.38. The number of nitrogens with zero attached hydrogens (tertiary/aromatic N) is 3. The number of halogens is 1. The summed E-state index contributed by atoms with van der Waals surface area (Å²) < 4.78 is 2.43. The van der Waals surface area contributed by atoms with Crippen LogP contribution in [0.2, 0.25) is 5.02 Å². The van der Waals surface area contributed by atoms with Crippen molar-refractivity contribution in [2.45, 2.75) is 17.7 Å². The smallest absolute Gasteiger partial charge is 0.231 e. The van der Waals surface area contributed by atoms with Crippen LogP contribution in [0.4, 0.5) is 11.4 Å². The zero-order valence-corrected chi connectivity index (χ0v) is 19.5. The van der Waals surface area contributed by atoms with Crippen molar-refractivity contribution in [3.63, 3.8) is 0 Å². The summed E-state index contributed by atoms with van der Waals surface area (Å²) in [6.45, 7) is 4.74. The SMILES string of the molecule is O=C(Cc1ccccc1)N1CCc2cc(SN3CCN(c4cccc(Cl)c4)CC3)ccc21. The molecule has 0 aromatic heterocycles. The average molecular weight is 464 g/mol. The highest BCUT2D eigenvalue weighted by atomic mass is 35.5. The van der Waals surface area contributed by atoms with E-state index in [2.05, 4.69) is 33.5 Å². The Morgan fingerprint density at radius 1 is 0.875 bits per heavy atom. The van der Waals surface area contributed by atoms with Crippen LogP contribution >= 0.6 is 23.5 Å². The van der Waals surface area contributed by atoms with Gasteiger partial charge in [0.05, 0.1) is 6.42 Å². The third kappa shape index (κ3) is 4.80. The van der Waals surface area contributed by atoms with Crippen LogP contribution in [0.15, 0.2) is 77.7 Å². The van der Waals surface area contributed by atoms with Crippen molar-refractivity contribution in [1.29, 1.82) is 0 Å². The number of carbonyl (C=O) groups is 1. The molecule has 2 heterocycles. The number of hydrogen-bond acceptors (Lipinski definition) is 4. The second kappa shape index (κ2) is 9.57. The molecule has 0 unspecified atom stereocenters. The maximum absolute atomic E-state index is 12.8. The number of hydrogen-bond donors (Lipinski definition) is 0. The first-order valence-electron chi connectivity index (χ1n) is 11.1. The van der Waals surface area contributed by atoms with E-state index in [9.17, 15) is 4.79 Å². The lowest BCUT2D eigenvalue weighted by Crippen LogP contribution is -2.43. The van der Waals surface area contributed by atoms with Crippen LogP contribution in [-0.2, 0) is 17.6 Å². The molecule has 2 aliphatic rings. The molecule has 32 heavy (non-hydrogen) atoms. The van der Waals surface area contributed by atoms with E-state index in [0.29, 0.717) is 6.42 Å². The number of benzene rings is 3. The number of rotatable bonds is 5. The van der Waals surface area contributed by atoms with Crippen molar-refractivity contribution in [2.24, 2.45) is 0 Å². The number of anilines is 2. The van der Waals surface area contributed by atoms with Crippen LogP contribution in [0.25, 0.3) is 0 Å². The quantitative estimate of drug-likeness (QED) is 0.479.